The van der Waals surface area contributed by atoms with Crippen molar-refractivity contribution in [3.8, 4) is 6.07 Å². The average Bonchev–Trinajstić information content (AvgIpc) is 2.36. The topological polar surface area (TPSA) is 36.3 Å². The molecule has 0 radical (unpaired) electrons. The second-order valence-corrected chi connectivity index (χ2v) is 5.36. The summed E-state index contributed by atoms with van der Waals surface area (Å²) in [5.41, 5.74) is -0.601. The molecule has 1 fully saturated rings. The van der Waals surface area contributed by atoms with Crippen LogP contribution in [0.1, 0.15) is 25.0 Å². The Kier molecular flexibility index (Phi) is 3.65. The standard InChI is InChI=1S/C14H15F3N2O/c1-13(2)9-20-6-5-19(13)12-4-3-11(14(15,16)17)7-10(12)8-18/h3-4,7H,5-6,9H2,1-2H3. The third-order valence-electron chi connectivity index (χ3n) is 3.38. The van der Waals surface area contributed by atoms with E-state index in [9.17, 15) is 13.2 Å². The van der Waals surface area contributed by atoms with Gasteiger partial charge in [-0.15, -0.1) is 0 Å². The maximum atomic E-state index is 12.7. The molecular formula is C14H15F3N2O. The Hall–Kier alpha value is -1.74. The molecule has 1 aliphatic heterocycles. The Morgan fingerprint density at radius 1 is 1.35 bits per heavy atom. The molecule has 3 nitrogen and oxygen atoms in total. The van der Waals surface area contributed by atoms with Gasteiger partial charge in [-0.05, 0) is 32.0 Å². The Labute approximate surface area is 115 Å². The fraction of sp³-hybridized carbons (Fsp3) is 0.500. The molecule has 0 unspecified atom stereocenters. The fourth-order valence-electron chi connectivity index (χ4n) is 2.34. The smallest absolute Gasteiger partial charge is 0.377 e. The van der Waals surface area contributed by atoms with E-state index >= 15 is 0 Å². The van der Waals surface area contributed by atoms with Gasteiger partial charge in [0.25, 0.3) is 0 Å². The maximum absolute atomic E-state index is 12.7. The number of halogens is 3. The van der Waals surface area contributed by atoms with E-state index < -0.39 is 11.7 Å². The predicted molar refractivity (Wildman–Crippen MR) is 68.4 cm³/mol. The van der Waals surface area contributed by atoms with Crippen LogP contribution in [0.4, 0.5) is 18.9 Å². The number of nitriles is 1. The van der Waals surface area contributed by atoms with Gasteiger partial charge in [0.15, 0.2) is 0 Å². The van der Waals surface area contributed by atoms with Crippen molar-refractivity contribution in [3.63, 3.8) is 0 Å². The van der Waals surface area contributed by atoms with E-state index in [0.717, 1.165) is 12.1 Å². The van der Waals surface area contributed by atoms with Gasteiger partial charge in [-0.1, -0.05) is 0 Å². The zero-order valence-corrected chi connectivity index (χ0v) is 11.3. The van der Waals surface area contributed by atoms with E-state index in [2.05, 4.69) is 0 Å². The Bertz CT molecular complexity index is 546. The molecule has 108 valence electrons. The van der Waals surface area contributed by atoms with Gasteiger partial charge in [0.2, 0.25) is 0 Å². The lowest BCUT2D eigenvalue weighted by atomic mass is 9.99. The van der Waals surface area contributed by atoms with E-state index in [-0.39, 0.29) is 11.1 Å². The first-order valence-corrected chi connectivity index (χ1v) is 6.22. The van der Waals surface area contributed by atoms with Crippen LogP contribution in [0.2, 0.25) is 0 Å². The van der Waals surface area contributed by atoms with Crippen molar-refractivity contribution in [2.24, 2.45) is 0 Å². The van der Waals surface area contributed by atoms with Gasteiger partial charge >= 0.3 is 6.18 Å². The number of anilines is 1. The van der Waals surface area contributed by atoms with Gasteiger partial charge in [-0.3, -0.25) is 0 Å². The van der Waals surface area contributed by atoms with Gasteiger partial charge in [0.1, 0.15) is 6.07 Å². The highest BCUT2D eigenvalue weighted by atomic mass is 19.4. The van der Waals surface area contributed by atoms with E-state index in [1.807, 2.05) is 24.8 Å². The Morgan fingerprint density at radius 3 is 2.60 bits per heavy atom. The molecule has 1 heterocycles. The molecule has 1 aliphatic rings. The van der Waals surface area contributed by atoms with Crippen molar-refractivity contribution in [2.75, 3.05) is 24.7 Å². The van der Waals surface area contributed by atoms with Gasteiger partial charge < -0.3 is 9.64 Å². The second-order valence-electron chi connectivity index (χ2n) is 5.36. The summed E-state index contributed by atoms with van der Waals surface area (Å²) in [7, 11) is 0. The normalized spacial score (nSPS) is 18.7. The van der Waals surface area contributed by atoms with Crippen molar-refractivity contribution < 1.29 is 17.9 Å². The molecule has 0 aromatic heterocycles. The minimum absolute atomic E-state index is 0.0369. The van der Waals surface area contributed by atoms with Crippen molar-refractivity contribution >= 4 is 5.69 Å². The molecule has 0 bridgehead atoms. The second kappa shape index (κ2) is 4.98. The highest BCUT2D eigenvalue weighted by Gasteiger charge is 2.35. The lowest BCUT2D eigenvalue weighted by Crippen LogP contribution is -2.53. The quantitative estimate of drug-likeness (QED) is 0.794. The first-order valence-electron chi connectivity index (χ1n) is 6.22. The first kappa shape index (κ1) is 14.7. The van der Waals surface area contributed by atoms with Crippen LogP contribution in [-0.2, 0) is 10.9 Å². The molecule has 1 aromatic carbocycles. The van der Waals surface area contributed by atoms with Gasteiger partial charge in [0, 0.05) is 6.54 Å². The average molecular weight is 284 g/mol. The summed E-state index contributed by atoms with van der Waals surface area (Å²) in [6.07, 6.45) is -4.44. The number of nitrogens with zero attached hydrogens (tertiary/aromatic N) is 2. The molecule has 0 N–H and O–H groups in total. The lowest BCUT2D eigenvalue weighted by Gasteiger charge is -2.44. The molecule has 0 amide bonds. The molecule has 0 atom stereocenters. The minimum Gasteiger partial charge on any atom is -0.377 e. The number of rotatable bonds is 1. The summed E-state index contributed by atoms with van der Waals surface area (Å²) in [6.45, 7) is 5.39. The van der Waals surface area contributed by atoms with Crippen molar-refractivity contribution in [3.05, 3.63) is 29.3 Å². The zero-order valence-electron chi connectivity index (χ0n) is 11.3. The minimum atomic E-state index is -4.44. The number of morpholine rings is 1. The summed E-state index contributed by atoms with van der Waals surface area (Å²) < 4.78 is 43.4. The van der Waals surface area contributed by atoms with Crippen LogP contribution in [-0.4, -0.2) is 25.3 Å². The number of benzene rings is 1. The number of hydrogen-bond acceptors (Lipinski definition) is 3. The largest absolute Gasteiger partial charge is 0.416 e. The zero-order chi connectivity index (χ0) is 15.0. The Morgan fingerprint density at radius 2 is 2.05 bits per heavy atom. The van der Waals surface area contributed by atoms with Crippen LogP contribution in [0.15, 0.2) is 18.2 Å². The summed E-state index contributed by atoms with van der Waals surface area (Å²) >= 11 is 0. The van der Waals surface area contributed by atoms with E-state index in [4.69, 9.17) is 10.00 Å². The van der Waals surface area contributed by atoms with Gasteiger partial charge in [-0.2, -0.15) is 18.4 Å². The van der Waals surface area contributed by atoms with Crippen molar-refractivity contribution in [1.29, 1.82) is 5.26 Å². The predicted octanol–water partition coefficient (Wildman–Crippen LogP) is 3.19. The third-order valence-corrected chi connectivity index (χ3v) is 3.38. The summed E-state index contributed by atoms with van der Waals surface area (Å²) in [5.74, 6) is 0. The molecule has 20 heavy (non-hydrogen) atoms. The molecule has 0 saturated carbocycles. The van der Waals surface area contributed by atoms with Gasteiger partial charge in [0.05, 0.1) is 35.6 Å². The molecular weight excluding hydrogens is 269 g/mol. The molecule has 1 saturated heterocycles. The molecule has 0 spiro atoms. The number of ether oxygens (including phenoxy) is 1. The fourth-order valence-corrected chi connectivity index (χ4v) is 2.34. The van der Waals surface area contributed by atoms with Crippen LogP contribution >= 0.6 is 0 Å². The van der Waals surface area contributed by atoms with E-state index in [1.165, 1.54) is 6.07 Å². The van der Waals surface area contributed by atoms with Gasteiger partial charge in [-0.25, -0.2) is 0 Å². The van der Waals surface area contributed by atoms with Crippen LogP contribution < -0.4 is 4.90 Å². The first-order chi connectivity index (χ1) is 9.25. The van der Waals surface area contributed by atoms with Crippen LogP contribution in [0.25, 0.3) is 0 Å². The van der Waals surface area contributed by atoms with Crippen LogP contribution in [0.3, 0.4) is 0 Å². The summed E-state index contributed by atoms with van der Waals surface area (Å²) in [4.78, 5) is 1.93. The number of alkyl halides is 3. The van der Waals surface area contributed by atoms with E-state index in [0.29, 0.717) is 25.4 Å². The summed E-state index contributed by atoms with van der Waals surface area (Å²) in [5, 5.41) is 9.13. The number of hydrogen-bond donors (Lipinski definition) is 0. The molecule has 6 heteroatoms. The van der Waals surface area contributed by atoms with Crippen molar-refractivity contribution in [2.45, 2.75) is 25.6 Å². The Balaban J connectivity index is 2.45. The maximum Gasteiger partial charge on any atom is 0.416 e. The molecule has 0 aliphatic carbocycles. The van der Waals surface area contributed by atoms with Crippen LogP contribution in [0, 0.1) is 11.3 Å². The lowest BCUT2D eigenvalue weighted by molar-refractivity contribution is -0.137. The summed E-state index contributed by atoms with van der Waals surface area (Å²) in [6, 6.07) is 5.15. The molecule has 1 aromatic rings. The monoisotopic (exact) mass is 284 g/mol. The SMILES string of the molecule is CC1(C)COCCN1c1ccc(C(F)(F)F)cc1C#N. The van der Waals surface area contributed by atoms with Crippen LogP contribution in [0.5, 0.6) is 0 Å². The third kappa shape index (κ3) is 2.73. The van der Waals surface area contributed by atoms with Crippen molar-refractivity contribution in [1.82, 2.24) is 0 Å². The molecule has 2 rings (SSSR count). The highest BCUT2D eigenvalue weighted by molar-refractivity contribution is 5.62. The highest BCUT2D eigenvalue weighted by Crippen LogP contribution is 2.35. The van der Waals surface area contributed by atoms with E-state index in [1.54, 1.807) is 0 Å².